The monoisotopic (exact) mass is 438 g/mol. The highest BCUT2D eigenvalue weighted by Gasteiger charge is 2.65. The van der Waals surface area contributed by atoms with E-state index in [1.54, 1.807) is 0 Å². The molecule has 1 aliphatic rings. The van der Waals surface area contributed by atoms with Gasteiger partial charge in [-0.25, -0.2) is 0 Å². The Morgan fingerprint density at radius 2 is 1.35 bits per heavy atom. The summed E-state index contributed by atoms with van der Waals surface area (Å²) in [7, 11) is 1.46. The van der Waals surface area contributed by atoms with Gasteiger partial charge in [-0.1, -0.05) is 62.3 Å². The standard InChI is InChI=1S/C27H50O4/c1-13-27(16-14-15-17-27)31-22(29)26(11,20(4)5)24(8,9)23(6,7)25(10,18-19(2)3)21(28)30-12/h19-20H,13-18H2,1-12H3. The molecule has 0 bridgehead atoms. The highest BCUT2D eigenvalue weighted by atomic mass is 16.6. The number of methoxy groups -OCH3 is 1. The Morgan fingerprint density at radius 1 is 0.871 bits per heavy atom. The quantitative estimate of drug-likeness (QED) is 0.339. The van der Waals surface area contributed by atoms with Crippen molar-refractivity contribution in [3.8, 4) is 0 Å². The minimum absolute atomic E-state index is 0.0468. The van der Waals surface area contributed by atoms with E-state index in [0.29, 0.717) is 12.3 Å². The lowest BCUT2D eigenvalue weighted by molar-refractivity contribution is -0.206. The highest BCUT2D eigenvalue weighted by Crippen LogP contribution is 2.63. The van der Waals surface area contributed by atoms with Gasteiger partial charge in [0, 0.05) is 0 Å². The molecule has 2 unspecified atom stereocenters. The van der Waals surface area contributed by atoms with E-state index >= 15 is 0 Å². The van der Waals surface area contributed by atoms with Gasteiger partial charge in [0.25, 0.3) is 0 Å². The molecule has 0 heterocycles. The van der Waals surface area contributed by atoms with Gasteiger partial charge in [0.15, 0.2) is 0 Å². The fourth-order valence-electron chi connectivity index (χ4n) is 6.04. The molecule has 4 heteroatoms. The van der Waals surface area contributed by atoms with Crippen molar-refractivity contribution in [3.05, 3.63) is 0 Å². The first-order valence-corrected chi connectivity index (χ1v) is 12.3. The van der Waals surface area contributed by atoms with Gasteiger partial charge in [0.1, 0.15) is 5.60 Å². The Hall–Kier alpha value is -1.06. The summed E-state index contributed by atoms with van der Waals surface area (Å²) in [5.41, 5.74) is -2.93. The van der Waals surface area contributed by atoms with Crippen molar-refractivity contribution in [2.24, 2.45) is 33.5 Å². The van der Waals surface area contributed by atoms with Crippen LogP contribution in [-0.2, 0) is 19.1 Å². The van der Waals surface area contributed by atoms with E-state index in [-0.39, 0.29) is 23.5 Å². The van der Waals surface area contributed by atoms with Gasteiger partial charge in [-0.15, -0.1) is 0 Å². The molecule has 0 spiro atoms. The maximum atomic E-state index is 14.0. The van der Waals surface area contributed by atoms with Crippen LogP contribution in [0.2, 0.25) is 0 Å². The van der Waals surface area contributed by atoms with Gasteiger partial charge in [-0.2, -0.15) is 0 Å². The molecule has 0 saturated heterocycles. The smallest absolute Gasteiger partial charge is 0.313 e. The number of esters is 2. The molecule has 1 aliphatic carbocycles. The molecule has 0 radical (unpaired) electrons. The molecule has 0 aromatic rings. The average molecular weight is 439 g/mol. The molecule has 1 rings (SSSR count). The summed E-state index contributed by atoms with van der Waals surface area (Å²) in [6.07, 6.45) is 5.66. The van der Waals surface area contributed by atoms with E-state index in [4.69, 9.17) is 9.47 Å². The second-order valence-corrected chi connectivity index (χ2v) is 12.2. The lowest BCUT2D eigenvalue weighted by atomic mass is 9.43. The molecule has 0 aromatic carbocycles. The normalized spacial score (nSPS) is 21.0. The Balaban J connectivity index is 3.56. The number of rotatable bonds is 10. The van der Waals surface area contributed by atoms with Gasteiger partial charge in [0.2, 0.25) is 0 Å². The number of ether oxygens (including phenoxy) is 2. The molecule has 182 valence electrons. The minimum Gasteiger partial charge on any atom is -0.469 e. The molecule has 0 aromatic heterocycles. The van der Waals surface area contributed by atoms with Crippen molar-refractivity contribution >= 4 is 11.9 Å². The van der Waals surface area contributed by atoms with Crippen molar-refractivity contribution in [2.75, 3.05) is 7.11 Å². The molecule has 4 nitrogen and oxygen atoms in total. The lowest BCUT2D eigenvalue weighted by Gasteiger charge is -2.60. The molecular formula is C27H50O4. The van der Waals surface area contributed by atoms with Gasteiger partial charge >= 0.3 is 11.9 Å². The summed E-state index contributed by atoms with van der Waals surface area (Å²) >= 11 is 0. The maximum Gasteiger partial charge on any atom is 0.313 e. The predicted octanol–water partition coefficient (Wildman–Crippen LogP) is 7.19. The average Bonchev–Trinajstić information content (AvgIpc) is 3.14. The highest BCUT2D eigenvalue weighted by molar-refractivity contribution is 5.80. The molecule has 0 amide bonds. The Labute approximate surface area is 192 Å². The van der Waals surface area contributed by atoms with Gasteiger partial charge in [-0.05, 0) is 75.0 Å². The number of hydrogen-bond acceptors (Lipinski definition) is 4. The molecule has 1 saturated carbocycles. The SMILES string of the molecule is CCC1(OC(=O)C(C)(C(C)C)C(C)(C)C(C)(C)C(C)(CC(C)C)C(=O)OC)CCCC1. The first-order valence-electron chi connectivity index (χ1n) is 12.3. The summed E-state index contributed by atoms with van der Waals surface area (Å²) in [5.74, 6) is 0.0319. The summed E-state index contributed by atoms with van der Waals surface area (Å²) in [5, 5.41) is 0. The first-order chi connectivity index (χ1) is 14.0. The molecule has 0 N–H and O–H groups in total. The number of carbonyl (C=O) groups excluding carboxylic acids is 2. The number of hydrogen-bond donors (Lipinski definition) is 0. The summed E-state index contributed by atoms with van der Waals surface area (Å²) in [6.45, 7) is 23.2. The van der Waals surface area contributed by atoms with Gasteiger partial charge in [-0.3, -0.25) is 9.59 Å². The second-order valence-electron chi connectivity index (χ2n) is 12.2. The summed E-state index contributed by atoms with van der Waals surface area (Å²) < 4.78 is 11.7. The van der Waals surface area contributed by atoms with Crippen LogP contribution in [0.25, 0.3) is 0 Å². The van der Waals surface area contributed by atoms with E-state index in [9.17, 15) is 9.59 Å². The van der Waals surface area contributed by atoms with Gasteiger partial charge < -0.3 is 9.47 Å². The van der Waals surface area contributed by atoms with E-state index in [0.717, 1.165) is 32.1 Å². The summed E-state index contributed by atoms with van der Waals surface area (Å²) in [6, 6.07) is 0. The van der Waals surface area contributed by atoms with E-state index in [2.05, 4.69) is 62.3 Å². The third-order valence-electron chi connectivity index (χ3n) is 9.74. The van der Waals surface area contributed by atoms with Crippen LogP contribution in [-0.4, -0.2) is 24.6 Å². The van der Waals surface area contributed by atoms with E-state index in [1.165, 1.54) is 7.11 Å². The van der Waals surface area contributed by atoms with Crippen LogP contribution in [0.4, 0.5) is 0 Å². The van der Waals surface area contributed by atoms with Crippen LogP contribution in [0.15, 0.2) is 0 Å². The molecule has 31 heavy (non-hydrogen) atoms. The van der Waals surface area contributed by atoms with Crippen molar-refractivity contribution in [1.29, 1.82) is 0 Å². The van der Waals surface area contributed by atoms with Crippen molar-refractivity contribution in [1.82, 2.24) is 0 Å². The van der Waals surface area contributed by atoms with Crippen LogP contribution in [0.5, 0.6) is 0 Å². The van der Waals surface area contributed by atoms with E-state index in [1.807, 2.05) is 13.8 Å². The van der Waals surface area contributed by atoms with Crippen molar-refractivity contribution < 1.29 is 19.1 Å². The van der Waals surface area contributed by atoms with Crippen LogP contribution >= 0.6 is 0 Å². The maximum absolute atomic E-state index is 14.0. The zero-order chi connectivity index (χ0) is 24.5. The zero-order valence-corrected chi connectivity index (χ0v) is 22.5. The van der Waals surface area contributed by atoms with Crippen molar-refractivity contribution in [3.63, 3.8) is 0 Å². The van der Waals surface area contributed by atoms with Crippen LogP contribution in [0, 0.1) is 33.5 Å². The molecular weight excluding hydrogens is 388 g/mol. The van der Waals surface area contributed by atoms with Crippen LogP contribution in [0.3, 0.4) is 0 Å². The van der Waals surface area contributed by atoms with Gasteiger partial charge in [0.05, 0.1) is 17.9 Å². The van der Waals surface area contributed by atoms with Crippen molar-refractivity contribution in [2.45, 2.75) is 120 Å². The molecule has 2 atom stereocenters. The third kappa shape index (κ3) is 4.55. The van der Waals surface area contributed by atoms with E-state index < -0.39 is 21.7 Å². The topological polar surface area (TPSA) is 52.6 Å². The lowest BCUT2D eigenvalue weighted by Crippen LogP contribution is -2.61. The number of carbonyl (C=O) groups is 2. The molecule has 1 fully saturated rings. The molecule has 0 aliphatic heterocycles. The predicted molar refractivity (Wildman–Crippen MR) is 128 cm³/mol. The minimum atomic E-state index is -0.770. The Bertz CT molecular complexity index is 640. The van der Waals surface area contributed by atoms with Crippen LogP contribution < -0.4 is 0 Å². The largest absolute Gasteiger partial charge is 0.469 e. The Kier molecular flexibility index (Phi) is 8.51. The fraction of sp³-hybridized carbons (Fsp3) is 0.926. The first kappa shape index (κ1) is 28.0. The zero-order valence-electron chi connectivity index (χ0n) is 22.5. The fourth-order valence-corrected chi connectivity index (χ4v) is 6.04. The second kappa shape index (κ2) is 9.43. The van der Waals surface area contributed by atoms with Crippen LogP contribution in [0.1, 0.15) is 115 Å². The Morgan fingerprint density at radius 3 is 1.71 bits per heavy atom. The summed E-state index contributed by atoms with van der Waals surface area (Å²) in [4.78, 5) is 27.1. The third-order valence-corrected chi connectivity index (χ3v) is 9.74.